The van der Waals surface area contributed by atoms with Gasteiger partial charge in [-0.05, 0) is 49.4 Å². The Bertz CT molecular complexity index is 542. The summed E-state index contributed by atoms with van der Waals surface area (Å²) < 4.78 is 29.9. The summed E-state index contributed by atoms with van der Waals surface area (Å²) >= 11 is 0. The van der Waals surface area contributed by atoms with Crippen molar-refractivity contribution in [2.75, 3.05) is 23.7 Å². The van der Waals surface area contributed by atoms with E-state index >= 15 is 0 Å². The zero-order valence-corrected chi connectivity index (χ0v) is 11.6. The van der Waals surface area contributed by atoms with E-state index in [9.17, 15) is 13.5 Å². The Morgan fingerprint density at radius 2 is 2.05 bits per heavy atom. The molecule has 1 aromatic rings. The van der Waals surface area contributed by atoms with Crippen LogP contribution in [-0.2, 0) is 16.5 Å². The van der Waals surface area contributed by atoms with Gasteiger partial charge in [0, 0.05) is 18.8 Å². The van der Waals surface area contributed by atoms with Crippen molar-refractivity contribution >= 4 is 15.8 Å². The molecule has 1 aliphatic heterocycles. The molecule has 0 spiro atoms. The highest BCUT2D eigenvalue weighted by molar-refractivity contribution is 7.85. The van der Waals surface area contributed by atoms with Crippen molar-refractivity contribution in [3.8, 4) is 5.75 Å². The van der Waals surface area contributed by atoms with E-state index in [1.165, 1.54) is 0 Å². The third-order valence-electron chi connectivity index (χ3n) is 3.36. The third kappa shape index (κ3) is 4.11. The Kier molecular flexibility index (Phi) is 4.31. The molecule has 19 heavy (non-hydrogen) atoms. The van der Waals surface area contributed by atoms with Crippen LogP contribution in [0.15, 0.2) is 18.2 Å². The number of benzene rings is 1. The zero-order chi connectivity index (χ0) is 13.9. The highest BCUT2D eigenvalue weighted by Crippen LogP contribution is 2.30. The maximum atomic E-state index is 10.6. The van der Waals surface area contributed by atoms with E-state index in [1.54, 1.807) is 12.1 Å². The van der Waals surface area contributed by atoms with Gasteiger partial charge in [0.05, 0.1) is 5.75 Å². The molecule has 0 aromatic heterocycles. The molecule has 5 nitrogen and oxygen atoms in total. The van der Waals surface area contributed by atoms with Crippen LogP contribution in [-0.4, -0.2) is 36.9 Å². The number of rotatable bonds is 5. The van der Waals surface area contributed by atoms with Gasteiger partial charge in [0.1, 0.15) is 5.75 Å². The van der Waals surface area contributed by atoms with Crippen molar-refractivity contribution in [2.45, 2.75) is 25.7 Å². The van der Waals surface area contributed by atoms with Crippen molar-refractivity contribution in [2.24, 2.45) is 0 Å². The summed E-state index contributed by atoms with van der Waals surface area (Å²) in [4.78, 5) is 2.21. The summed E-state index contributed by atoms with van der Waals surface area (Å²) in [5.41, 5.74) is 2.26. The molecule has 1 aliphatic rings. The summed E-state index contributed by atoms with van der Waals surface area (Å²) in [6, 6.07) is 5.38. The Morgan fingerprint density at radius 3 is 2.79 bits per heavy atom. The maximum absolute atomic E-state index is 10.6. The summed E-state index contributed by atoms with van der Waals surface area (Å²) in [5, 5.41) is 9.47. The lowest BCUT2D eigenvalue weighted by atomic mass is 10.0. The number of hydrogen-bond donors (Lipinski definition) is 2. The van der Waals surface area contributed by atoms with Crippen LogP contribution in [0.1, 0.15) is 24.8 Å². The van der Waals surface area contributed by atoms with Gasteiger partial charge in [0.25, 0.3) is 10.1 Å². The van der Waals surface area contributed by atoms with Crippen LogP contribution in [0, 0.1) is 0 Å². The average Bonchev–Trinajstić information content (AvgIpc) is 2.33. The van der Waals surface area contributed by atoms with Crippen LogP contribution in [0.5, 0.6) is 5.75 Å². The van der Waals surface area contributed by atoms with E-state index in [0.29, 0.717) is 6.42 Å². The average molecular weight is 285 g/mol. The second-order valence-corrected chi connectivity index (χ2v) is 6.47. The Balaban J connectivity index is 1.93. The lowest BCUT2D eigenvalue weighted by Gasteiger charge is -2.31. The smallest absolute Gasteiger partial charge is 0.264 e. The first kappa shape index (κ1) is 14.1. The molecule has 1 heterocycles. The minimum Gasteiger partial charge on any atom is -0.508 e. The number of fused-ring (bicyclic) bond motifs is 1. The van der Waals surface area contributed by atoms with Gasteiger partial charge in [-0.3, -0.25) is 4.55 Å². The van der Waals surface area contributed by atoms with Gasteiger partial charge in [-0.1, -0.05) is 0 Å². The number of hydrogen-bond acceptors (Lipinski definition) is 4. The van der Waals surface area contributed by atoms with E-state index in [2.05, 4.69) is 4.90 Å². The van der Waals surface area contributed by atoms with Crippen molar-refractivity contribution in [3.05, 3.63) is 23.8 Å². The van der Waals surface area contributed by atoms with E-state index < -0.39 is 10.1 Å². The van der Waals surface area contributed by atoms with Gasteiger partial charge in [-0.25, -0.2) is 0 Å². The van der Waals surface area contributed by atoms with Crippen LogP contribution < -0.4 is 4.90 Å². The number of aryl methyl sites for hydroxylation is 1. The zero-order valence-electron chi connectivity index (χ0n) is 10.7. The molecule has 0 atom stereocenters. The van der Waals surface area contributed by atoms with Crippen LogP contribution in [0.4, 0.5) is 5.69 Å². The monoisotopic (exact) mass is 285 g/mol. The lowest BCUT2D eigenvalue weighted by molar-refractivity contribution is 0.473. The Labute approximate surface area is 113 Å². The van der Waals surface area contributed by atoms with E-state index in [0.717, 1.165) is 43.6 Å². The number of nitrogens with zero attached hydrogens (tertiary/aromatic N) is 1. The summed E-state index contributed by atoms with van der Waals surface area (Å²) in [6.45, 7) is 1.72. The molecule has 6 heteroatoms. The van der Waals surface area contributed by atoms with E-state index in [4.69, 9.17) is 4.55 Å². The van der Waals surface area contributed by atoms with E-state index in [1.807, 2.05) is 6.07 Å². The van der Waals surface area contributed by atoms with Gasteiger partial charge in [0.15, 0.2) is 0 Å². The second kappa shape index (κ2) is 5.79. The first-order chi connectivity index (χ1) is 8.96. The molecule has 2 rings (SSSR count). The van der Waals surface area contributed by atoms with Crippen molar-refractivity contribution in [1.82, 2.24) is 0 Å². The molecular weight excluding hydrogens is 266 g/mol. The van der Waals surface area contributed by atoms with Crippen LogP contribution in [0.25, 0.3) is 0 Å². The molecule has 0 unspecified atom stereocenters. The third-order valence-corrected chi connectivity index (χ3v) is 4.16. The van der Waals surface area contributed by atoms with Crippen LogP contribution in [0.3, 0.4) is 0 Å². The van der Waals surface area contributed by atoms with Gasteiger partial charge < -0.3 is 10.0 Å². The molecule has 106 valence electrons. The minimum absolute atomic E-state index is 0.177. The molecule has 2 N–H and O–H groups in total. The summed E-state index contributed by atoms with van der Waals surface area (Å²) in [6.07, 6.45) is 3.18. The second-order valence-electron chi connectivity index (χ2n) is 4.90. The highest BCUT2D eigenvalue weighted by atomic mass is 32.2. The fourth-order valence-corrected chi connectivity index (χ4v) is 3.05. The molecule has 0 amide bonds. The molecule has 0 aliphatic carbocycles. The molecule has 0 saturated heterocycles. The number of aromatic hydroxyl groups is 1. The van der Waals surface area contributed by atoms with Crippen molar-refractivity contribution < 1.29 is 18.1 Å². The van der Waals surface area contributed by atoms with Gasteiger partial charge in [0.2, 0.25) is 0 Å². The maximum Gasteiger partial charge on any atom is 0.264 e. The first-order valence-corrected chi connectivity index (χ1v) is 8.09. The molecule has 0 bridgehead atoms. The first-order valence-electron chi connectivity index (χ1n) is 6.48. The summed E-state index contributed by atoms with van der Waals surface area (Å²) in [7, 11) is -3.84. The normalized spacial score (nSPS) is 15.3. The number of phenolic OH excluding ortho intramolecular Hbond substituents is 1. The van der Waals surface area contributed by atoms with Crippen molar-refractivity contribution in [3.63, 3.8) is 0 Å². The quantitative estimate of drug-likeness (QED) is 0.637. The fourth-order valence-electron chi connectivity index (χ4n) is 2.48. The number of unbranched alkanes of at least 4 members (excludes halogenated alkanes) is 1. The SMILES string of the molecule is O=S(=O)(O)CCCCN1CCCc2cc(O)ccc21. The minimum atomic E-state index is -3.84. The number of phenols is 1. The van der Waals surface area contributed by atoms with Gasteiger partial charge in [-0.15, -0.1) is 0 Å². The van der Waals surface area contributed by atoms with E-state index in [-0.39, 0.29) is 11.5 Å². The standard InChI is InChI=1S/C13H19NO4S/c15-12-5-6-13-11(10-12)4-3-8-14(13)7-1-2-9-19(16,17)18/h5-6,10,15H,1-4,7-9H2,(H,16,17,18). The molecule has 0 radical (unpaired) electrons. The number of anilines is 1. The fraction of sp³-hybridized carbons (Fsp3) is 0.538. The van der Waals surface area contributed by atoms with Gasteiger partial charge >= 0.3 is 0 Å². The molecule has 1 aromatic carbocycles. The lowest BCUT2D eigenvalue weighted by Crippen LogP contribution is -2.30. The van der Waals surface area contributed by atoms with Crippen LogP contribution in [0.2, 0.25) is 0 Å². The highest BCUT2D eigenvalue weighted by Gasteiger charge is 2.16. The Hall–Kier alpha value is -1.27. The predicted octanol–water partition coefficient (Wildman–Crippen LogP) is 1.81. The van der Waals surface area contributed by atoms with Crippen molar-refractivity contribution in [1.29, 1.82) is 0 Å². The Morgan fingerprint density at radius 1 is 1.26 bits per heavy atom. The van der Waals surface area contributed by atoms with Gasteiger partial charge in [-0.2, -0.15) is 8.42 Å². The topological polar surface area (TPSA) is 77.8 Å². The predicted molar refractivity (Wildman–Crippen MR) is 74.3 cm³/mol. The molecule has 0 saturated carbocycles. The molecular formula is C13H19NO4S. The van der Waals surface area contributed by atoms with Crippen LogP contribution >= 0.6 is 0 Å². The molecule has 0 fully saturated rings. The largest absolute Gasteiger partial charge is 0.508 e. The summed E-state index contributed by atoms with van der Waals surface area (Å²) in [5.74, 6) is 0.107.